The molecule has 1 aromatic rings. The van der Waals surface area contributed by atoms with E-state index in [4.69, 9.17) is 4.74 Å². The Morgan fingerprint density at radius 3 is 2.67 bits per heavy atom. The fourth-order valence-corrected chi connectivity index (χ4v) is 2.75. The first kappa shape index (κ1) is 15.7. The van der Waals surface area contributed by atoms with Gasteiger partial charge in [0.2, 0.25) is 0 Å². The predicted molar refractivity (Wildman–Crippen MR) is 82.2 cm³/mol. The van der Waals surface area contributed by atoms with E-state index in [9.17, 15) is 9.90 Å². The lowest BCUT2D eigenvalue weighted by Gasteiger charge is -2.39. The van der Waals surface area contributed by atoms with Crippen LogP contribution in [0.15, 0.2) is 24.3 Å². The molecule has 2 atom stereocenters. The zero-order valence-corrected chi connectivity index (χ0v) is 13.3. The summed E-state index contributed by atoms with van der Waals surface area (Å²) in [4.78, 5) is 14.3. The number of likely N-dealkylation sites (tertiary alicyclic amines) is 1. The molecule has 0 aliphatic carbocycles. The van der Waals surface area contributed by atoms with Crippen molar-refractivity contribution < 1.29 is 14.6 Å². The lowest BCUT2D eigenvalue weighted by Crippen LogP contribution is -2.44. The molecular formula is C17H25NO3. The molecule has 4 heteroatoms. The van der Waals surface area contributed by atoms with Crippen LogP contribution < -0.4 is 0 Å². The maximum Gasteiger partial charge on any atom is 0.410 e. The monoisotopic (exact) mass is 291 g/mol. The second kappa shape index (κ2) is 5.96. The molecule has 1 aliphatic rings. The Bertz CT molecular complexity index is 507. The number of piperidine rings is 1. The van der Waals surface area contributed by atoms with Crippen molar-refractivity contribution in [1.82, 2.24) is 4.90 Å². The Balaban J connectivity index is 2.23. The lowest BCUT2D eigenvalue weighted by molar-refractivity contribution is 0.00360. The third kappa shape index (κ3) is 4.13. The fraction of sp³-hybridized carbons (Fsp3) is 0.588. The predicted octanol–water partition coefficient (Wildman–Crippen LogP) is 4.10. The van der Waals surface area contributed by atoms with E-state index in [-0.39, 0.29) is 17.9 Å². The molecule has 1 amide bonds. The molecular weight excluding hydrogens is 266 g/mol. The quantitative estimate of drug-likeness (QED) is 0.847. The minimum absolute atomic E-state index is 0.0249. The minimum atomic E-state index is -0.499. The average Bonchev–Trinajstić information content (AvgIpc) is 2.36. The second-order valence-corrected chi connectivity index (χ2v) is 6.93. The molecule has 1 aromatic carbocycles. The second-order valence-electron chi connectivity index (χ2n) is 6.93. The van der Waals surface area contributed by atoms with Crippen molar-refractivity contribution in [1.29, 1.82) is 0 Å². The highest BCUT2D eigenvalue weighted by molar-refractivity contribution is 5.69. The van der Waals surface area contributed by atoms with Crippen molar-refractivity contribution in [2.24, 2.45) is 5.92 Å². The zero-order valence-electron chi connectivity index (χ0n) is 13.3. The number of benzene rings is 1. The first-order chi connectivity index (χ1) is 9.76. The number of nitrogens with zero attached hydrogens (tertiary/aromatic N) is 1. The van der Waals surface area contributed by atoms with E-state index in [0.717, 1.165) is 18.4 Å². The molecule has 1 heterocycles. The van der Waals surface area contributed by atoms with Crippen molar-refractivity contribution in [3.63, 3.8) is 0 Å². The number of aromatic hydroxyl groups is 1. The smallest absolute Gasteiger partial charge is 0.410 e. The number of hydrogen-bond donors (Lipinski definition) is 1. The van der Waals surface area contributed by atoms with Crippen LogP contribution in [0.5, 0.6) is 5.75 Å². The number of carbonyl (C=O) groups is 1. The van der Waals surface area contributed by atoms with Crippen LogP contribution in [0.4, 0.5) is 4.79 Å². The highest BCUT2D eigenvalue weighted by Crippen LogP contribution is 2.35. The lowest BCUT2D eigenvalue weighted by atomic mass is 9.90. The highest BCUT2D eigenvalue weighted by Gasteiger charge is 2.33. The first-order valence-corrected chi connectivity index (χ1v) is 7.55. The van der Waals surface area contributed by atoms with Gasteiger partial charge in [0.15, 0.2) is 0 Å². The molecule has 0 spiro atoms. The van der Waals surface area contributed by atoms with Crippen molar-refractivity contribution >= 4 is 6.09 Å². The van der Waals surface area contributed by atoms with Crippen LogP contribution in [0.1, 0.15) is 52.1 Å². The summed E-state index contributed by atoms with van der Waals surface area (Å²) in [5.41, 5.74) is 0.467. The maximum atomic E-state index is 12.5. The van der Waals surface area contributed by atoms with E-state index in [1.165, 1.54) is 0 Å². The molecule has 4 nitrogen and oxygen atoms in total. The van der Waals surface area contributed by atoms with Crippen LogP contribution in [0, 0.1) is 5.92 Å². The minimum Gasteiger partial charge on any atom is -0.508 e. The van der Waals surface area contributed by atoms with Gasteiger partial charge in [0, 0.05) is 6.54 Å². The molecule has 2 unspecified atom stereocenters. The molecule has 1 fully saturated rings. The number of phenols is 1. The van der Waals surface area contributed by atoms with E-state index in [0.29, 0.717) is 12.5 Å². The number of hydrogen-bond acceptors (Lipinski definition) is 3. The molecule has 0 saturated carbocycles. The van der Waals surface area contributed by atoms with E-state index in [1.807, 2.05) is 32.9 Å². The third-order valence-corrected chi connectivity index (χ3v) is 3.70. The SMILES string of the molecule is CC1CCC(c2cccc(O)c2)N(C(=O)OC(C)(C)C)C1. The number of rotatable bonds is 1. The number of ether oxygens (including phenoxy) is 1. The summed E-state index contributed by atoms with van der Waals surface area (Å²) < 4.78 is 5.53. The normalized spacial score (nSPS) is 23.0. The van der Waals surface area contributed by atoms with Crippen molar-refractivity contribution in [3.05, 3.63) is 29.8 Å². The van der Waals surface area contributed by atoms with Crippen molar-refractivity contribution in [2.45, 2.75) is 52.2 Å². The van der Waals surface area contributed by atoms with Crippen LogP contribution in [0.25, 0.3) is 0 Å². The Labute approximate surface area is 126 Å². The van der Waals surface area contributed by atoms with Gasteiger partial charge in [-0.25, -0.2) is 4.79 Å². The summed E-state index contributed by atoms with van der Waals surface area (Å²) in [5, 5.41) is 9.67. The van der Waals surface area contributed by atoms with Crippen molar-refractivity contribution in [2.75, 3.05) is 6.54 Å². The fourth-order valence-electron chi connectivity index (χ4n) is 2.75. The standard InChI is InChI=1S/C17H25NO3/c1-12-8-9-15(13-6-5-7-14(19)10-13)18(11-12)16(20)21-17(2,3)4/h5-7,10,12,15,19H,8-9,11H2,1-4H3. The van der Waals surface area contributed by atoms with Gasteiger partial charge in [-0.1, -0.05) is 19.1 Å². The van der Waals surface area contributed by atoms with Gasteiger partial charge >= 0.3 is 6.09 Å². The summed E-state index contributed by atoms with van der Waals surface area (Å²) >= 11 is 0. The van der Waals surface area contributed by atoms with Crippen LogP contribution in [0.3, 0.4) is 0 Å². The van der Waals surface area contributed by atoms with Gasteiger partial charge in [-0.15, -0.1) is 0 Å². The number of carbonyl (C=O) groups excluding carboxylic acids is 1. The number of amides is 1. The van der Waals surface area contributed by atoms with Gasteiger partial charge in [-0.2, -0.15) is 0 Å². The topological polar surface area (TPSA) is 49.8 Å². The van der Waals surface area contributed by atoms with Gasteiger partial charge in [0.25, 0.3) is 0 Å². The molecule has 1 aliphatic heterocycles. The Kier molecular flexibility index (Phi) is 4.45. The van der Waals surface area contributed by atoms with Gasteiger partial charge in [-0.3, -0.25) is 0 Å². The summed E-state index contributed by atoms with van der Waals surface area (Å²) in [6, 6.07) is 7.13. The van der Waals surface area contributed by atoms with Crippen LogP contribution >= 0.6 is 0 Å². The molecule has 1 N–H and O–H groups in total. The van der Waals surface area contributed by atoms with E-state index < -0.39 is 5.60 Å². The van der Waals surface area contributed by atoms with E-state index in [1.54, 1.807) is 17.0 Å². The first-order valence-electron chi connectivity index (χ1n) is 7.55. The van der Waals surface area contributed by atoms with Crippen LogP contribution in [0.2, 0.25) is 0 Å². The maximum absolute atomic E-state index is 12.5. The summed E-state index contributed by atoms with van der Waals surface area (Å²) in [6.07, 6.45) is 1.69. The average molecular weight is 291 g/mol. The summed E-state index contributed by atoms with van der Waals surface area (Å²) in [7, 11) is 0. The van der Waals surface area contributed by atoms with Gasteiger partial charge in [0.05, 0.1) is 6.04 Å². The zero-order chi connectivity index (χ0) is 15.6. The molecule has 0 aromatic heterocycles. The molecule has 2 rings (SSSR count). The van der Waals surface area contributed by atoms with E-state index >= 15 is 0 Å². The third-order valence-electron chi connectivity index (χ3n) is 3.70. The summed E-state index contributed by atoms with van der Waals surface area (Å²) in [5.74, 6) is 0.696. The largest absolute Gasteiger partial charge is 0.508 e. The number of phenolic OH excluding ortho intramolecular Hbond substituents is 1. The Morgan fingerprint density at radius 1 is 1.33 bits per heavy atom. The Morgan fingerprint density at radius 2 is 2.05 bits per heavy atom. The van der Waals surface area contributed by atoms with Crippen molar-refractivity contribution in [3.8, 4) is 5.75 Å². The molecule has 0 bridgehead atoms. The molecule has 21 heavy (non-hydrogen) atoms. The van der Waals surface area contributed by atoms with Gasteiger partial charge < -0.3 is 14.7 Å². The van der Waals surface area contributed by atoms with E-state index in [2.05, 4.69) is 6.92 Å². The van der Waals surface area contributed by atoms with Crippen LogP contribution in [-0.4, -0.2) is 28.2 Å². The van der Waals surface area contributed by atoms with Gasteiger partial charge in [-0.05, 0) is 57.2 Å². The highest BCUT2D eigenvalue weighted by atomic mass is 16.6. The summed E-state index contributed by atoms with van der Waals surface area (Å²) in [6.45, 7) is 8.47. The Hall–Kier alpha value is -1.71. The molecule has 116 valence electrons. The van der Waals surface area contributed by atoms with Gasteiger partial charge in [0.1, 0.15) is 11.4 Å². The molecule has 1 saturated heterocycles. The molecule has 0 radical (unpaired) electrons. The van der Waals surface area contributed by atoms with Crippen LogP contribution in [-0.2, 0) is 4.74 Å².